The molecule has 1 aliphatic carbocycles. The highest BCUT2D eigenvalue weighted by Gasteiger charge is 2.17. The van der Waals surface area contributed by atoms with E-state index in [-0.39, 0.29) is 18.2 Å². The van der Waals surface area contributed by atoms with Gasteiger partial charge in [-0.05, 0) is 61.6 Å². The van der Waals surface area contributed by atoms with Gasteiger partial charge < -0.3 is 9.15 Å². The molecule has 0 bridgehead atoms. The minimum Gasteiger partial charge on any atom is -0.464 e. The molecule has 1 aromatic heterocycles. The highest BCUT2D eigenvalue weighted by atomic mass is 16.5. The summed E-state index contributed by atoms with van der Waals surface area (Å²) >= 11 is 0. The Balaban J connectivity index is 1.54. The molecule has 0 amide bonds. The summed E-state index contributed by atoms with van der Waals surface area (Å²) in [7, 11) is 0. The Kier molecular flexibility index (Phi) is 3.88. The zero-order valence-electron chi connectivity index (χ0n) is 14.0. The number of benzene rings is 2. The second-order valence-corrected chi connectivity index (χ2v) is 6.47. The van der Waals surface area contributed by atoms with Gasteiger partial charge >= 0.3 is 5.97 Å². The van der Waals surface area contributed by atoms with Gasteiger partial charge in [0.2, 0.25) is 0 Å². The Morgan fingerprint density at radius 1 is 1.12 bits per heavy atom. The molecule has 2 aromatic carbocycles. The summed E-state index contributed by atoms with van der Waals surface area (Å²) in [6.45, 7) is 1.48. The Bertz CT molecular complexity index is 981. The molecule has 0 N–H and O–H groups in total. The van der Waals surface area contributed by atoms with Crippen molar-refractivity contribution in [1.82, 2.24) is 0 Å². The minimum atomic E-state index is -0.371. The van der Waals surface area contributed by atoms with Crippen molar-refractivity contribution in [3.8, 4) is 5.75 Å². The smallest absolute Gasteiger partial charge is 0.315 e. The summed E-state index contributed by atoms with van der Waals surface area (Å²) in [6, 6.07) is 10.9. The molecular formula is C21H18O4. The fourth-order valence-corrected chi connectivity index (χ4v) is 3.39. The lowest BCUT2D eigenvalue weighted by Crippen LogP contribution is -2.11. The van der Waals surface area contributed by atoms with Gasteiger partial charge in [-0.2, -0.15) is 0 Å². The second kappa shape index (κ2) is 6.20. The lowest BCUT2D eigenvalue weighted by atomic mass is 10.0. The molecule has 0 saturated carbocycles. The van der Waals surface area contributed by atoms with Gasteiger partial charge in [0.05, 0.1) is 12.7 Å². The van der Waals surface area contributed by atoms with Gasteiger partial charge in [-0.3, -0.25) is 9.59 Å². The number of carbonyl (C=O) groups excluding carboxylic acids is 2. The fourth-order valence-electron chi connectivity index (χ4n) is 3.39. The van der Waals surface area contributed by atoms with E-state index in [1.807, 2.05) is 0 Å². The van der Waals surface area contributed by atoms with Crippen molar-refractivity contribution in [2.45, 2.75) is 32.6 Å². The van der Waals surface area contributed by atoms with E-state index in [0.717, 1.165) is 29.4 Å². The number of rotatable bonds is 4. The largest absolute Gasteiger partial charge is 0.464 e. The zero-order valence-corrected chi connectivity index (χ0v) is 14.0. The molecular weight excluding hydrogens is 316 g/mol. The Hall–Kier alpha value is -2.88. The van der Waals surface area contributed by atoms with Gasteiger partial charge in [0.1, 0.15) is 11.3 Å². The molecule has 0 saturated heterocycles. The summed E-state index contributed by atoms with van der Waals surface area (Å²) < 4.78 is 11.0. The van der Waals surface area contributed by atoms with Crippen molar-refractivity contribution in [3.05, 3.63) is 64.9 Å². The van der Waals surface area contributed by atoms with Gasteiger partial charge in [0.25, 0.3) is 0 Å². The van der Waals surface area contributed by atoms with Crippen LogP contribution in [0.15, 0.2) is 47.1 Å². The van der Waals surface area contributed by atoms with Gasteiger partial charge in [-0.15, -0.1) is 0 Å². The van der Waals surface area contributed by atoms with E-state index < -0.39 is 0 Å². The van der Waals surface area contributed by atoms with Crippen molar-refractivity contribution >= 4 is 22.7 Å². The molecule has 0 aliphatic heterocycles. The molecule has 25 heavy (non-hydrogen) atoms. The number of Topliss-reactive ketones (excluding diaryl/α,β-unsaturated/α-hetero) is 1. The number of carbonyl (C=O) groups is 2. The predicted octanol–water partition coefficient (Wildman–Crippen LogP) is 4.27. The average molecular weight is 334 g/mol. The molecule has 1 aliphatic rings. The van der Waals surface area contributed by atoms with Crippen LogP contribution in [0.2, 0.25) is 0 Å². The Morgan fingerprint density at radius 3 is 2.72 bits per heavy atom. The number of aryl methyl sites for hydroxylation is 2. The summed E-state index contributed by atoms with van der Waals surface area (Å²) in [5, 5.41) is 0.982. The normalized spacial score (nSPS) is 13.0. The summed E-state index contributed by atoms with van der Waals surface area (Å²) in [5.74, 6) is -0.0529. The first-order valence-corrected chi connectivity index (χ1v) is 8.44. The molecule has 0 fully saturated rings. The Morgan fingerprint density at radius 2 is 1.92 bits per heavy atom. The van der Waals surface area contributed by atoms with Crippen LogP contribution in [0.3, 0.4) is 0 Å². The van der Waals surface area contributed by atoms with Crippen LogP contribution in [0, 0.1) is 0 Å². The molecule has 0 atom stereocenters. The van der Waals surface area contributed by atoms with E-state index in [4.69, 9.17) is 9.15 Å². The molecule has 3 aromatic rings. The van der Waals surface area contributed by atoms with Crippen LogP contribution in [0.25, 0.3) is 11.0 Å². The molecule has 126 valence electrons. The van der Waals surface area contributed by atoms with Crippen molar-refractivity contribution in [3.63, 3.8) is 0 Å². The van der Waals surface area contributed by atoms with Crippen molar-refractivity contribution in [2.24, 2.45) is 0 Å². The number of ketones is 1. The van der Waals surface area contributed by atoms with Gasteiger partial charge in [-0.1, -0.05) is 12.1 Å². The van der Waals surface area contributed by atoms with Gasteiger partial charge in [-0.25, -0.2) is 0 Å². The van der Waals surface area contributed by atoms with Crippen LogP contribution in [-0.2, 0) is 24.1 Å². The number of esters is 1. The number of ether oxygens (including phenoxy) is 1. The van der Waals surface area contributed by atoms with E-state index >= 15 is 0 Å². The van der Waals surface area contributed by atoms with E-state index in [1.54, 1.807) is 30.5 Å². The van der Waals surface area contributed by atoms with Crippen molar-refractivity contribution in [1.29, 1.82) is 0 Å². The van der Waals surface area contributed by atoms with E-state index in [1.165, 1.54) is 24.5 Å². The van der Waals surface area contributed by atoms with Crippen LogP contribution >= 0.6 is 0 Å². The van der Waals surface area contributed by atoms with E-state index in [0.29, 0.717) is 11.3 Å². The number of fused-ring (bicyclic) bond motifs is 2. The lowest BCUT2D eigenvalue weighted by molar-refractivity contribution is -0.133. The summed E-state index contributed by atoms with van der Waals surface area (Å²) in [5.41, 5.74) is 4.86. The molecule has 0 spiro atoms. The summed E-state index contributed by atoms with van der Waals surface area (Å²) in [6.07, 6.45) is 5.11. The average Bonchev–Trinajstić information content (AvgIpc) is 3.19. The first kappa shape index (κ1) is 15.6. The molecule has 4 nitrogen and oxygen atoms in total. The molecule has 4 rings (SSSR count). The van der Waals surface area contributed by atoms with Crippen LogP contribution in [-0.4, -0.2) is 11.8 Å². The molecule has 1 heterocycles. The second-order valence-electron chi connectivity index (χ2n) is 6.47. The molecule has 4 heteroatoms. The van der Waals surface area contributed by atoms with Crippen LogP contribution < -0.4 is 4.74 Å². The summed E-state index contributed by atoms with van der Waals surface area (Å²) in [4.78, 5) is 23.7. The van der Waals surface area contributed by atoms with Crippen LogP contribution in [0.1, 0.15) is 40.4 Å². The standard InChI is InChI=1S/C21H18O4/c1-13(22)14-4-3-7-18(8-14)25-21(23)11-17-12-24-20-10-16-6-2-5-15(16)9-19(17)20/h3-4,7-10,12H,2,5-6,11H2,1H3. The topological polar surface area (TPSA) is 56.5 Å². The number of hydrogen-bond donors (Lipinski definition) is 0. The van der Waals surface area contributed by atoms with Gasteiger partial charge in [0, 0.05) is 16.5 Å². The Labute approximate surface area is 145 Å². The van der Waals surface area contributed by atoms with Crippen molar-refractivity contribution in [2.75, 3.05) is 0 Å². The van der Waals surface area contributed by atoms with Crippen LogP contribution in [0.4, 0.5) is 0 Å². The third kappa shape index (κ3) is 3.07. The fraction of sp³-hybridized carbons (Fsp3) is 0.238. The first-order valence-electron chi connectivity index (χ1n) is 8.44. The van der Waals surface area contributed by atoms with Gasteiger partial charge in [0.15, 0.2) is 5.78 Å². The van der Waals surface area contributed by atoms with E-state index in [9.17, 15) is 9.59 Å². The minimum absolute atomic E-state index is 0.0624. The maximum atomic E-state index is 12.3. The SMILES string of the molecule is CC(=O)c1cccc(OC(=O)Cc2coc3cc4c(cc23)CCC4)c1. The first-order chi connectivity index (χ1) is 12.1. The quantitative estimate of drug-likeness (QED) is 0.406. The maximum Gasteiger partial charge on any atom is 0.315 e. The van der Waals surface area contributed by atoms with E-state index in [2.05, 4.69) is 12.1 Å². The predicted molar refractivity (Wildman–Crippen MR) is 94.0 cm³/mol. The van der Waals surface area contributed by atoms with Crippen LogP contribution in [0.5, 0.6) is 5.75 Å². The van der Waals surface area contributed by atoms with Crippen molar-refractivity contribution < 1.29 is 18.7 Å². The monoisotopic (exact) mass is 334 g/mol. The lowest BCUT2D eigenvalue weighted by Gasteiger charge is -2.05. The number of furan rings is 1. The maximum absolute atomic E-state index is 12.3. The number of hydrogen-bond acceptors (Lipinski definition) is 4. The third-order valence-electron chi connectivity index (χ3n) is 4.68. The molecule has 0 radical (unpaired) electrons. The third-order valence-corrected chi connectivity index (χ3v) is 4.68. The highest BCUT2D eigenvalue weighted by molar-refractivity contribution is 5.94. The zero-order chi connectivity index (χ0) is 17.4. The highest BCUT2D eigenvalue weighted by Crippen LogP contribution is 2.30. The molecule has 0 unspecified atom stereocenters.